The number of carbonyl (C=O) groups excluding carboxylic acids is 1. The molecule has 82 valence electrons. The highest BCUT2D eigenvalue weighted by Gasteiger charge is 2.13. The Morgan fingerprint density at radius 1 is 1.50 bits per heavy atom. The van der Waals surface area contributed by atoms with E-state index >= 15 is 0 Å². The van der Waals surface area contributed by atoms with Crippen LogP contribution in [0.5, 0.6) is 0 Å². The molecule has 0 aromatic rings. The Morgan fingerprint density at radius 2 is 2.29 bits per heavy atom. The fourth-order valence-corrected chi connectivity index (χ4v) is 1.84. The lowest BCUT2D eigenvalue weighted by atomic mass is 10.1. The predicted octanol–water partition coefficient (Wildman–Crippen LogP) is -0.876. The Kier molecular flexibility index (Phi) is 5.06. The largest absolute Gasteiger partial charge is 0.772 e. The number of nitrogens with one attached hydrogen (secondary N) is 2. The van der Waals surface area contributed by atoms with E-state index < -0.39 is 22.7 Å². The molecular formula is C8H15N2O3S-. The minimum Gasteiger partial charge on any atom is -0.772 e. The first kappa shape index (κ1) is 11.6. The summed E-state index contributed by atoms with van der Waals surface area (Å²) in [5.74, 6) is -0.825. The molecule has 0 bridgehead atoms. The Hall–Kier alpha value is -0.460. The van der Waals surface area contributed by atoms with Crippen LogP contribution >= 0.6 is 0 Å². The molecule has 2 unspecified atom stereocenters. The van der Waals surface area contributed by atoms with Gasteiger partial charge in [0.15, 0.2) is 0 Å². The molecule has 0 spiro atoms. The minimum absolute atomic E-state index is 0.126. The van der Waals surface area contributed by atoms with E-state index in [0.29, 0.717) is 0 Å². The zero-order chi connectivity index (χ0) is 10.4. The molecule has 0 aromatic heterocycles. The maximum absolute atomic E-state index is 11.1. The summed E-state index contributed by atoms with van der Waals surface area (Å²) in [7, 11) is 0. The summed E-state index contributed by atoms with van der Waals surface area (Å²) in [6.45, 7) is 1.85. The standard InChI is InChI=1S/C8H16N2O3S/c11-8(6-14(12)13)10-7-2-1-4-9-5-3-7/h7,9H,1-6H2,(H,10,11)(H,12,13)/p-1. The van der Waals surface area contributed by atoms with Gasteiger partial charge in [-0.1, -0.05) is 0 Å². The smallest absolute Gasteiger partial charge is 0.231 e. The van der Waals surface area contributed by atoms with Gasteiger partial charge in [0, 0.05) is 6.04 Å². The average molecular weight is 219 g/mol. The summed E-state index contributed by atoms with van der Waals surface area (Å²) in [5.41, 5.74) is 0. The van der Waals surface area contributed by atoms with Crippen molar-refractivity contribution >= 4 is 17.0 Å². The molecule has 1 amide bonds. The summed E-state index contributed by atoms with van der Waals surface area (Å²) in [6.07, 6.45) is 2.81. The molecule has 1 rings (SSSR count). The summed E-state index contributed by atoms with van der Waals surface area (Å²) >= 11 is -2.28. The van der Waals surface area contributed by atoms with Crippen molar-refractivity contribution in [1.29, 1.82) is 0 Å². The van der Waals surface area contributed by atoms with Gasteiger partial charge in [0.05, 0.1) is 5.75 Å². The molecule has 1 fully saturated rings. The third-order valence-corrected chi connectivity index (χ3v) is 2.69. The molecule has 0 aromatic carbocycles. The maximum Gasteiger partial charge on any atom is 0.231 e. The molecular weight excluding hydrogens is 204 g/mol. The Labute approximate surface area is 85.9 Å². The molecule has 0 saturated carbocycles. The van der Waals surface area contributed by atoms with Gasteiger partial charge in [-0.2, -0.15) is 0 Å². The highest BCUT2D eigenvalue weighted by atomic mass is 32.2. The van der Waals surface area contributed by atoms with Crippen molar-refractivity contribution in [2.75, 3.05) is 18.8 Å². The molecule has 5 nitrogen and oxygen atoms in total. The molecule has 2 atom stereocenters. The van der Waals surface area contributed by atoms with Gasteiger partial charge >= 0.3 is 0 Å². The topological polar surface area (TPSA) is 81.3 Å². The van der Waals surface area contributed by atoms with Crippen molar-refractivity contribution in [2.24, 2.45) is 0 Å². The van der Waals surface area contributed by atoms with Crippen LogP contribution in [0.3, 0.4) is 0 Å². The van der Waals surface area contributed by atoms with E-state index in [1.54, 1.807) is 0 Å². The van der Waals surface area contributed by atoms with Gasteiger partial charge in [-0.15, -0.1) is 0 Å². The lowest BCUT2D eigenvalue weighted by molar-refractivity contribution is -0.119. The van der Waals surface area contributed by atoms with E-state index in [0.717, 1.165) is 32.4 Å². The second-order valence-corrected chi connectivity index (χ2v) is 4.29. The second kappa shape index (κ2) is 6.10. The summed E-state index contributed by atoms with van der Waals surface area (Å²) < 4.78 is 20.5. The van der Waals surface area contributed by atoms with Crippen LogP contribution in [0.2, 0.25) is 0 Å². The zero-order valence-electron chi connectivity index (χ0n) is 7.95. The summed E-state index contributed by atoms with van der Waals surface area (Å²) in [5, 5.41) is 5.94. The minimum atomic E-state index is -2.28. The number of rotatable bonds is 3. The Balaban J connectivity index is 2.27. The van der Waals surface area contributed by atoms with Crippen molar-refractivity contribution < 1.29 is 13.6 Å². The normalized spacial score (nSPS) is 25.1. The van der Waals surface area contributed by atoms with Gasteiger partial charge in [0.1, 0.15) is 0 Å². The van der Waals surface area contributed by atoms with Crippen LogP contribution in [0.1, 0.15) is 19.3 Å². The van der Waals surface area contributed by atoms with Gasteiger partial charge in [0.25, 0.3) is 0 Å². The van der Waals surface area contributed by atoms with E-state index in [2.05, 4.69) is 10.6 Å². The van der Waals surface area contributed by atoms with E-state index in [4.69, 9.17) is 0 Å². The molecule has 1 saturated heterocycles. The average Bonchev–Trinajstić information content (AvgIpc) is 2.31. The lowest BCUT2D eigenvalue weighted by Gasteiger charge is -2.16. The van der Waals surface area contributed by atoms with Crippen molar-refractivity contribution in [3.8, 4) is 0 Å². The fourth-order valence-electron chi connectivity index (χ4n) is 1.54. The SMILES string of the molecule is O=C(CS(=O)[O-])NC1CCCNCC1. The number of hydrogen-bond donors (Lipinski definition) is 2. The van der Waals surface area contributed by atoms with Crippen molar-refractivity contribution in [3.05, 3.63) is 0 Å². The van der Waals surface area contributed by atoms with Crippen LogP contribution in [0.15, 0.2) is 0 Å². The van der Waals surface area contributed by atoms with Gasteiger partial charge in [0.2, 0.25) is 5.91 Å². The summed E-state index contributed by atoms with van der Waals surface area (Å²) in [6, 6.07) is 0.126. The van der Waals surface area contributed by atoms with Crippen LogP contribution in [0.4, 0.5) is 0 Å². The predicted molar refractivity (Wildman–Crippen MR) is 52.4 cm³/mol. The van der Waals surface area contributed by atoms with Gasteiger partial charge < -0.3 is 15.2 Å². The van der Waals surface area contributed by atoms with E-state index in [1.165, 1.54) is 0 Å². The highest BCUT2D eigenvalue weighted by Crippen LogP contribution is 2.04. The van der Waals surface area contributed by atoms with Gasteiger partial charge in [-0.3, -0.25) is 9.00 Å². The third kappa shape index (κ3) is 4.69. The molecule has 0 radical (unpaired) electrons. The van der Waals surface area contributed by atoms with E-state index in [1.807, 2.05) is 0 Å². The Morgan fingerprint density at radius 3 is 3.00 bits per heavy atom. The monoisotopic (exact) mass is 219 g/mol. The first-order valence-electron chi connectivity index (χ1n) is 4.74. The molecule has 1 aliphatic rings. The quantitative estimate of drug-likeness (QED) is 0.604. The molecule has 2 N–H and O–H groups in total. The molecule has 1 heterocycles. The van der Waals surface area contributed by atoms with Crippen molar-refractivity contribution in [3.63, 3.8) is 0 Å². The van der Waals surface area contributed by atoms with Gasteiger partial charge in [-0.05, 0) is 43.4 Å². The van der Waals surface area contributed by atoms with Crippen LogP contribution < -0.4 is 10.6 Å². The number of amides is 1. The maximum atomic E-state index is 11.1. The van der Waals surface area contributed by atoms with Crippen LogP contribution in [0.25, 0.3) is 0 Å². The summed E-state index contributed by atoms with van der Waals surface area (Å²) in [4.78, 5) is 11.1. The molecule has 6 heteroatoms. The second-order valence-electron chi connectivity index (χ2n) is 3.39. The first-order valence-corrected chi connectivity index (χ1v) is 5.99. The lowest BCUT2D eigenvalue weighted by Crippen LogP contribution is -2.37. The molecule has 14 heavy (non-hydrogen) atoms. The number of carbonyl (C=O) groups is 1. The highest BCUT2D eigenvalue weighted by molar-refractivity contribution is 7.79. The van der Waals surface area contributed by atoms with E-state index in [-0.39, 0.29) is 6.04 Å². The van der Waals surface area contributed by atoms with Gasteiger partial charge in [-0.25, -0.2) is 0 Å². The zero-order valence-corrected chi connectivity index (χ0v) is 8.77. The van der Waals surface area contributed by atoms with Crippen LogP contribution in [-0.4, -0.2) is 39.6 Å². The fraction of sp³-hybridized carbons (Fsp3) is 0.875. The van der Waals surface area contributed by atoms with Crippen molar-refractivity contribution in [1.82, 2.24) is 10.6 Å². The molecule has 1 aliphatic heterocycles. The van der Waals surface area contributed by atoms with E-state index in [9.17, 15) is 13.6 Å². The van der Waals surface area contributed by atoms with Crippen LogP contribution in [0, 0.1) is 0 Å². The van der Waals surface area contributed by atoms with Crippen molar-refractivity contribution in [2.45, 2.75) is 25.3 Å². The molecule has 0 aliphatic carbocycles. The third-order valence-electron chi connectivity index (χ3n) is 2.19. The first-order chi connectivity index (χ1) is 6.68. The Bertz CT molecular complexity index is 215. The van der Waals surface area contributed by atoms with Crippen LogP contribution in [-0.2, 0) is 15.9 Å². The number of hydrogen-bond acceptors (Lipinski definition) is 4.